The number of nitrogens with one attached hydrogen (secondary N) is 1. The molecule has 0 fully saturated rings. The topological polar surface area (TPSA) is 81.1 Å². The largest absolute Gasteiger partial charge is 1.00 e. The van der Waals surface area contributed by atoms with Gasteiger partial charge in [0.15, 0.2) is 5.82 Å². The SMILES string of the molecule is Cc1nnc(N/N=C/c2ccccc2)n1N.[Cl-]. The number of nitrogen functional groups attached to an aromatic ring is 1. The van der Waals surface area contributed by atoms with Gasteiger partial charge >= 0.3 is 0 Å². The lowest BCUT2D eigenvalue weighted by atomic mass is 10.2. The Morgan fingerprint density at radius 1 is 1.29 bits per heavy atom. The molecule has 1 aromatic carbocycles. The third-order valence-electron chi connectivity index (χ3n) is 2.04. The molecule has 0 aliphatic carbocycles. The number of nitrogens with two attached hydrogens (primary N) is 1. The fourth-order valence-electron chi connectivity index (χ4n) is 1.15. The maximum atomic E-state index is 5.64. The highest BCUT2D eigenvalue weighted by atomic mass is 35.5. The number of aromatic nitrogens is 3. The van der Waals surface area contributed by atoms with Gasteiger partial charge in [-0.15, -0.1) is 10.2 Å². The van der Waals surface area contributed by atoms with Crippen LogP contribution >= 0.6 is 0 Å². The van der Waals surface area contributed by atoms with Crippen LogP contribution in [0.25, 0.3) is 0 Å². The summed E-state index contributed by atoms with van der Waals surface area (Å²) in [6.45, 7) is 1.76. The van der Waals surface area contributed by atoms with Gasteiger partial charge in [-0.05, 0) is 12.5 Å². The van der Waals surface area contributed by atoms with Gasteiger partial charge in [0.05, 0.1) is 6.21 Å². The Kier molecular flexibility index (Phi) is 4.47. The van der Waals surface area contributed by atoms with Gasteiger partial charge in [0.1, 0.15) is 0 Å². The lowest BCUT2D eigenvalue weighted by Crippen LogP contribution is -3.00. The van der Waals surface area contributed by atoms with E-state index in [0.717, 1.165) is 5.56 Å². The number of benzene rings is 1. The minimum Gasteiger partial charge on any atom is -1.00 e. The van der Waals surface area contributed by atoms with Crippen LogP contribution in [0.4, 0.5) is 5.95 Å². The second-order valence-electron chi connectivity index (χ2n) is 3.22. The van der Waals surface area contributed by atoms with Crippen molar-refractivity contribution in [2.45, 2.75) is 6.92 Å². The van der Waals surface area contributed by atoms with E-state index in [0.29, 0.717) is 11.8 Å². The molecule has 0 spiro atoms. The van der Waals surface area contributed by atoms with Gasteiger partial charge < -0.3 is 18.2 Å². The summed E-state index contributed by atoms with van der Waals surface area (Å²) in [5.74, 6) is 6.67. The number of hydrazone groups is 1. The number of halogens is 1. The molecule has 0 unspecified atom stereocenters. The van der Waals surface area contributed by atoms with Crippen molar-refractivity contribution < 1.29 is 12.4 Å². The Hall–Kier alpha value is -2.08. The second-order valence-corrected chi connectivity index (χ2v) is 3.22. The van der Waals surface area contributed by atoms with Crippen LogP contribution in [-0.2, 0) is 0 Å². The molecule has 2 rings (SSSR count). The monoisotopic (exact) mass is 251 g/mol. The molecule has 0 saturated carbocycles. The van der Waals surface area contributed by atoms with Gasteiger partial charge in [0.25, 0.3) is 5.95 Å². The number of hydrogen-bond donors (Lipinski definition) is 2. The van der Waals surface area contributed by atoms with E-state index in [1.165, 1.54) is 4.68 Å². The fraction of sp³-hybridized carbons (Fsp3) is 0.100. The van der Waals surface area contributed by atoms with Gasteiger partial charge in [0, 0.05) is 0 Å². The third-order valence-corrected chi connectivity index (χ3v) is 2.04. The van der Waals surface area contributed by atoms with Gasteiger partial charge in [0.2, 0.25) is 0 Å². The van der Waals surface area contributed by atoms with Crippen molar-refractivity contribution in [2.75, 3.05) is 11.3 Å². The van der Waals surface area contributed by atoms with Crippen molar-refractivity contribution in [3.05, 3.63) is 41.7 Å². The van der Waals surface area contributed by atoms with Crippen LogP contribution in [0.3, 0.4) is 0 Å². The molecule has 0 saturated heterocycles. The Balaban J connectivity index is 0.00000144. The smallest absolute Gasteiger partial charge is 0.263 e. The van der Waals surface area contributed by atoms with Crippen molar-refractivity contribution in [3.63, 3.8) is 0 Å². The zero-order valence-electron chi connectivity index (χ0n) is 9.21. The molecule has 90 valence electrons. The number of hydrogen-bond acceptors (Lipinski definition) is 5. The molecule has 0 radical (unpaired) electrons. The molecule has 3 N–H and O–H groups in total. The van der Waals surface area contributed by atoms with Crippen molar-refractivity contribution in [3.8, 4) is 0 Å². The van der Waals surface area contributed by atoms with Crippen LogP contribution in [0.15, 0.2) is 35.4 Å². The van der Waals surface area contributed by atoms with Crippen LogP contribution in [0.2, 0.25) is 0 Å². The standard InChI is InChI=1S/C10H12N6.ClH/c1-8-13-15-10(16(8)11)14-12-7-9-5-3-2-4-6-9;/h2-7H,11H2,1H3,(H,14,15);1H/p-1/b12-7+;. The summed E-state index contributed by atoms with van der Waals surface area (Å²) in [4.78, 5) is 0. The van der Waals surface area contributed by atoms with E-state index in [4.69, 9.17) is 5.84 Å². The zero-order chi connectivity index (χ0) is 11.4. The Morgan fingerprint density at radius 2 is 2.00 bits per heavy atom. The predicted molar refractivity (Wildman–Crippen MR) is 62.6 cm³/mol. The van der Waals surface area contributed by atoms with Crippen LogP contribution < -0.4 is 23.7 Å². The van der Waals surface area contributed by atoms with Crippen molar-refractivity contribution >= 4 is 12.2 Å². The summed E-state index contributed by atoms with van der Waals surface area (Å²) >= 11 is 0. The number of anilines is 1. The third kappa shape index (κ3) is 3.18. The summed E-state index contributed by atoms with van der Waals surface area (Å²) in [5.41, 5.74) is 3.71. The molecular weight excluding hydrogens is 240 g/mol. The summed E-state index contributed by atoms with van der Waals surface area (Å²) in [5, 5.41) is 11.6. The molecular formula is C10H12ClN6-. The quantitative estimate of drug-likeness (QED) is 0.367. The maximum absolute atomic E-state index is 5.64. The Bertz CT molecular complexity index is 493. The van der Waals surface area contributed by atoms with Crippen LogP contribution in [0.1, 0.15) is 11.4 Å². The summed E-state index contributed by atoms with van der Waals surface area (Å²) in [7, 11) is 0. The van der Waals surface area contributed by atoms with Crippen molar-refractivity contribution in [1.29, 1.82) is 0 Å². The molecule has 1 aromatic heterocycles. The summed E-state index contributed by atoms with van der Waals surface area (Å²) in [6.07, 6.45) is 1.68. The molecule has 0 aliphatic rings. The van der Waals surface area contributed by atoms with Crippen LogP contribution in [-0.4, -0.2) is 21.1 Å². The first-order chi connectivity index (χ1) is 7.77. The number of nitrogens with zero attached hydrogens (tertiary/aromatic N) is 4. The van der Waals surface area contributed by atoms with E-state index in [9.17, 15) is 0 Å². The summed E-state index contributed by atoms with van der Waals surface area (Å²) < 4.78 is 1.34. The molecule has 1 heterocycles. The molecule has 7 heteroatoms. The van der Waals surface area contributed by atoms with Gasteiger partial charge in [-0.2, -0.15) is 5.10 Å². The summed E-state index contributed by atoms with van der Waals surface area (Å²) in [6, 6.07) is 9.73. The fourth-order valence-corrected chi connectivity index (χ4v) is 1.15. The highest BCUT2D eigenvalue weighted by molar-refractivity contribution is 5.79. The molecule has 2 aromatic rings. The lowest BCUT2D eigenvalue weighted by molar-refractivity contribution is -0.00000347. The average molecular weight is 252 g/mol. The second kappa shape index (κ2) is 5.86. The van der Waals surface area contributed by atoms with Gasteiger partial charge in [-0.25, -0.2) is 10.1 Å². The molecule has 0 amide bonds. The molecule has 0 bridgehead atoms. The normalized spacial score (nSPS) is 10.2. The van der Waals surface area contributed by atoms with Crippen molar-refractivity contribution in [2.24, 2.45) is 5.10 Å². The first-order valence-electron chi connectivity index (χ1n) is 4.78. The Morgan fingerprint density at radius 3 is 2.59 bits per heavy atom. The van der Waals surface area contributed by atoms with E-state index in [1.54, 1.807) is 13.1 Å². The van der Waals surface area contributed by atoms with Crippen molar-refractivity contribution in [1.82, 2.24) is 14.9 Å². The van der Waals surface area contributed by atoms with E-state index in [2.05, 4.69) is 20.7 Å². The predicted octanol–water partition coefficient (Wildman–Crippen LogP) is -2.25. The zero-order valence-corrected chi connectivity index (χ0v) is 9.96. The van der Waals surface area contributed by atoms with Crippen LogP contribution in [0.5, 0.6) is 0 Å². The lowest BCUT2D eigenvalue weighted by Gasteiger charge is -1.98. The average Bonchev–Trinajstić information content (AvgIpc) is 2.62. The number of rotatable bonds is 3. The van der Waals surface area contributed by atoms with E-state index < -0.39 is 0 Å². The van der Waals surface area contributed by atoms with Crippen LogP contribution in [0, 0.1) is 6.92 Å². The van der Waals surface area contributed by atoms with E-state index in [-0.39, 0.29) is 12.4 Å². The maximum Gasteiger partial charge on any atom is 0.263 e. The minimum atomic E-state index is 0. The highest BCUT2D eigenvalue weighted by Gasteiger charge is 2.02. The first-order valence-corrected chi connectivity index (χ1v) is 4.78. The first kappa shape index (κ1) is 13.0. The van der Waals surface area contributed by atoms with E-state index >= 15 is 0 Å². The minimum absolute atomic E-state index is 0. The molecule has 6 nitrogen and oxygen atoms in total. The van der Waals surface area contributed by atoms with Gasteiger partial charge in [-0.3, -0.25) is 0 Å². The Labute approximate surface area is 105 Å². The molecule has 17 heavy (non-hydrogen) atoms. The molecule has 0 atom stereocenters. The highest BCUT2D eigenvalue weighted by Crippen LogP contribution is 2.01. The molecule has 0 aliphatic heterocycles. The van der Waals surface area contributed by atoms with E-state index in [1.807, 2.05) is 30.3 Å². The number of aryl methyl sites for hydroxylation is 1. The van der Waals surface area contributed by atoms with Gasteiger partial charge in [-0.1, -0.05) is 30.3 Å².